The van der Waals surface area contributed by atoms with E-state index in [1.54, 1.807) is 0 Å². The van der Waals surface area contributed by atoms with Crippen LogP contribution in [0.1, 0.15) is 13.3 Å². The van der Waals surface area contributed by atoms with Crippen LogP contribution in [0.25, 0.3) is 0 Å². The molecule has 0 heterocycles. The Kier molecular flexibility index (Phi) is 13.6. The van der Waals surface area contributed by atoms with Gasteiger partial charge in [0.25, 0.3) is 10.1 Å². The normalized spacial score (nSPS) is 11.6. The number of carbonyl (C=O) groups excluding carboxylic acids is 1. The molecule has 0 aromatic rings. The quantitative estimate of drug-likeness (QED) is 0.337. The number of ether oxygens (including phenoxy) is 1. The van der Waals surface area contributed by atoms with E-state index >= 15 is 0 Å². The maximum atomic E-state index is 10.7. The van der Waals surface area contributed by atoms with Gasteiger partial charge in [-0.1, -0.05) is 0 Å². The third-order valence-electron chi connectivity index (χ3n) is 1.29. The van der Waals surface area contributed by atoms with Crippen LogP contribution in [0.15, 0.2) is 0 Å². The second-order valence-corrected chi connectivity index (χ2v) is 3.95. The third-order valence-corrected chi connectivity index (χ3v) is 2.38. The van der Waals surface area contributed by atoms with E-state index in [1.165, 1.54) is 6.92 Å². The molecule has 2 N–H and O–H groups in total. The minimum atomic E-state index is -4.78. The van der Waals surface area contributed by atoms with E-state index in [2.05, 4.69) is 4.74 Å². The topological polar surface area (TPSA) is 118 Å². The van der Waals surface area contributed by atoms with Gasteiger partial charge in [-0.3, -0.25) is 14.1 Å². The van der Waals surface area contributed by atoms with Crippen molar-refractivity contribution in [2.75, 3.05) is 6.61 Å². The summed E-state index contributed by atoms with van der Waals surface area (Å²) in [4.78, 5) is 21.1. The van der Waals surface area contributed by atoms with Crippen LogP contribution in [0, 0.1) is 0 Å². The number of carboxylic acid groups (broad SMARTS) is 1. The van der Waals surface area contributed by atoms with Gasteiger partial charge < -0.3 is 9.84 Å². The zero-order chi connectivity index (χ0) is 11.4. The van der Waals surface area contributed by atoms with Crippen LogP contribution in [0.3, 0.4) is 0 Å². The molecule has 0 spiro atoms. The first-order valence-corrected chi connectivity index (χ1v) is 5.14. The maximum absolute atomic E-state index is 10.7. The van der Waals surface area contributed by atoms with Crippen molar-refractivity contribution in [3.63, 3.8) is 0 Å². The molecule has 7 nitrogen and oxygen atoms in total. The molecule has 16 heavy (non-hydrogen) atoms. The fourth-order valence-corrected chi connectivity index (χ4v) is 1.29. The Morgan fingerprint density at radius 1 is 1.31 bits per heavy atom. The van der Waals surface area contributed by atoms with E-state index in [-0.39, 0.29) is 65.7 Å². The van der Waals surface area contributed by atoms with Crippen LogP contribution in [0.2, 0.25) is 0 Å². The molecule has 0 bridgehead atoms. The Labute approximate surface area is 137 Å². The summed E-state index contributed by atoms with van der Waals surface area (Å²) in [5.74, 6) is -2.78. The molecule has 0 saturated carbocycles. The summed E-state index contributed by atoms with van der Waals surface area (Å²) < 4.78 is 33.7. The monoisotopic (exact) mass is 274 g/mol. The van der Waals surface area contributed by atoms with Crippen LogP contribution in [0.4, 0.5) is 0 Å². The summed E-state index contributed by atoms with van der Waals surface area (Å²) in [5.41, 5.74) is 0. The predicted molar refractivity (Wildman–Crippen MR) is 58.5 cm³/mol. The molecule has 0 aliphatic carbocycles. The molecule has 10 heteroatoms. The zero-order valence-electron chi connectivity index (χ0n) is 7.34. The summed E-state index contributed by atoms with van der Waals surface area (Å²) in [6, 6.07) is 0. The third kappa shape index (κ3) is 8.94. The molecular weight excluding hydrogens is 262 g/mol. The van der Waals surface area contributed by atoms with Crippen molar-refractivity contribution in [1.82, 2.24) is 0 Å². The standard InChI is InChI=1S/C6H10O7S.2Na.2H/c1-2-13-5(7)3-4(6(8)9)14(10,11)12;;;;/h4H,2-3H2,1H3,(H,8,9)(H,10,11,12);;;;. The predicted octanol–water partition coefficient (Wildman–Crippen LogP) is -2.02. The van der Waals surface area contributed by atoms with E-state index < -0.39 is 33.7 Å². The summed E-state index contributed by atoms with van der Waals surface area (Å²) in [7, 11) is -4.78. The molecular formula is C6H12Na2O7S. The molecule has 0 amide bonds. The van der Waals surface area contributed by atoms with Crippen molar-refractivity contribution in [3.8, 4) is 0 Å². The number of esters is 1. The number of rotatable bonds is 5. The molecule has 0 aliphatic heterocycles. The van der Waals surface area contributed by atoms with Gasteiger partial charge in [-0.05, 0) is 6.92 Å². The van der Waals surface area contributed by atoms with Crippen molar-refractivity contribution in [3.05, 3.63) is 0 Å². The molecule has 1 atom stereocenters. The van der Waals surface area contributed by atoms with Gasteiger partial charge >= 0.3 is 71.1 Å². The number of hydrogen-bond donors (Lipinski definition) is 2. The molecule has 86 valence electrons. The fourth-order valence-electron chi connectivity index (χ4n) is 0.691. The van der Waals surface area contributed by atoms with Crippen LogP contribution in [-0.2, 0) is 24.4 Å². The number of carbonyl (C=O) groups is 2. The summed E-state index contributed by atoms with van der Waals surface area (Å²) in [5, 5.41) is 6.21. The van der Waals surface area contributed by atoms with Gasteiger partial charge in [0.1, 0.15) is 0 Å². The van der Waals surface area contributed by atoms with Crippen molar-refractivity contribution in [2.24, 2.45) is 0 Å². The molecule has 0 radical (unpaired) electrons. The van der Waals surface area contributed by atoms with Gasteiger partial charge in [0.05, 0.1) is 13.0 Å². The van der Waals surface area contributed by atoms with Crippen LogP contribution < -0.4 is 0 Å². The Balaban J connectivity index is -0.000000845. The average Bonchev–Trinajstić information content (AvgIpc) is 1.98. The Morgan fingerprint density at radius 3 is 2.00 bits per heavy atom. The van der Waals surface area contributed by atoms with E-state index in [0.717, 1.165) is 0 Å². The van der Waals surface area contributed by atoms with E-state index in [1.807, 2.05) is 0 Å². The van der Waals surface area contributed by atoms with Gasteiger partial charge in [-0.2, -0.15) is 8.42 Å². The molecule has 0 saturated heterocycles. The van der Waals surface area contributed by atoms with Crippen molar-refractivity contribution in [2.45, 2.75) is 18.6 Å². The first-order chi connectivity index (χ1) is 6.29. The van der Waals surface area contributed by atoms with Crippen LogP contribution in [0.5, 0.6) is 0 Å². The second-order valence-electron chi connectivity index (χ2n) is 2.35. The summed E-state index contributed by atoms with van der Waals surface area (Å²) in [6.45, 7) is 1.50. The van der Waals surface area contributed by atoms with Gasteiger partial charge in [0.2, 0.25) is 0 Å². The summed E-state index contributed by atoms with van der Waals surface area (Å²) in [6.07, 6.45) is -0.901. The van der Waals surface area contributed by atoms with Gasteiger partial charge in [-0.25, -0.2) is 0 Å². The van der Waals surface area contributed by atoms with E-state index in [4.69, 9.17) is 9.66 Å². The zero-order valence-corrected chi connectivity index (χ0v) is 8.15. The summed E-state index contributed by atoms with van der Waals surface area (Å²) >= 11 is 0. The molecule has 0 aliphatic rings. The molecule has 0 rings (SSSR count). The number of aliphatic carboxylic acids is 1. The van der Waals surface area contributed by atoms with Crippen molar-refractivity contribution < 1.29 is 32.4 Å². The molecule has 0 aromatic heterocycles. The SMILES string of the molecule is CCOC(=O)CC(C(=O)O)S(=O)(=O)O.[NaH].[NaH]. The van der Waals surface area contributed by atoms with E-state index in [9.17, 15) is 18.0 Å². The average molecular weight is 274 g/mol. The first kappa shape index (κ1) is 22.1. The first-order valence-electron chi connectivity index (χ1n) is 3.63. The Bertz CT molecular complexity index is 326. The number of carboxylic acids is 1. The molecule has 1 unspecified atom stereocenters. The Morgan fingerprint density at radius 2 is 1.75 bits per heavy atom. The van der Waals surface area contributed by atoms with E-state index in [0.29, 0.717) is 0 Å². The number of hydrogen-bond acceptors (Lipinski definition) is 5. The van der Waals surface area contributed by atoms with Crippen LogP contribution >= 0.6 is 0 Å². The van der Waals surface area contributed by atoms with Crippen molar-refractivity contribution >= 4 is 81.2 Å². The van der Waals surface area contributed by atoms with Crippen molar-refractivity contribution in [1.29, 1.82) is 0 Å². The minimum absolute atomic E-state index is 0. The van der Waals surface area contributed by atoms with Crippen LogP contribution in [-0.4, -0.2) is 101 Å². The van der Waals surface area contributed by atoms with Gasteiger partial charge in [0, 0.05) is 0 Å². The second kappa shape index (κ2) is 9.84. The fraction of sp³-hybridized carbons (Fsp3) is 0.667. The van der Waals surface area contributed by atoms with Gasteiger partial charge in [0.15, 0.2) is 5.25 Å². The van der Waals surface area contributed by atoms with Gasteiger partial charge in [-0.15, -0.1) is 0 Å². The Hall–Kier alpha value is 0.850. The molecule has 0 fully saturated rings. The molecule has 0 aromatic carbocycles.